The van der Waals surface area contributed by atoms with E-state index in [1.54, 1.807) is 0 Å². The third kappa shape index (κ3) is 4.01. The van der Waals surface area contributed by atoms with Crippen molar-refractivity contribution in [3.8, 4) is 0 Å². The van der Waals surface area contributed by atoms with Crippen molar-refractivity contribution < 1.29 is 0 Å². The molecule has 0 heterocycles. The van der Waals surface area contributed by atoms with Crippen LogP contribution in [-0.4, -0.2) is 12.1 Å². The Kier molecular flexibility index (Phi) is 3.79. The smallest absolute Gasteiger partial charge is 0.0408 e. The van der Waals surface area contributed by atoms with Gasteiger partial charge in [0.2, 0.25) is 0 Å². The minimum Gasteiger partial charge on any atom is -0.311 e. The highest BCUT2D eigenvalue weighted by molar-refractivity contribution is 6.30. The van der Waals surface area contributed by atoms with Gasteiger partial charge < -0.3 is 5.32 Å². The molecule has 0 aromatic heterocycles. The van der Waals surface area contributed by atoms with E-state index < -0.39 is 0 Å². The highest BCUT2D eigenvalue weighted by Gasteiger charge is 2.32. The molecular formula is C15H22ClN. The number of rotatable bonds is 4. The van der Waals surface area contributed by atoms with Gasteiger partial charge in [0.05, 0.1) is 0 Å². The van der Waals surface area contributed by atoms with Crippen LogP contribution in [0.2, 0.25) is 5.02 Å². The molecule has 1 unspecified atom stereocenters. The molecule has 1 aliphatic carbocycles. The van der Waals surface area contributed by atoms with Crippen molar-refractivity contribution in [3.63, 3.8) is 0 Å². The van der Waals surface area contributed by atoms with Gasteiger partial charge in [-0.25, -0.2) is 0 Å². The summed E-state index contributed by atoms with van der Waals surface area (Å²) in [6.07, 6.45) is 2.73. The fraction of sp³-hybridized carbons (Fsp3) is 0.600. The maximum absolute atomic E-state index is 6.08. The van der Waals surface area contributed by atoms with E-state index in [-0.39, 0.29) is 5.54 Å². The Balaban J connectivity index is 2.07. The standard InChI is InChI=1S/C15H22ClN/c1-15(2,3)17-10-14(11-7-8-11)12-5-4-6-13(16)9-12/h4-6,9,11,14,17H,7-8,10H2,1-3H3. The van der Waals surface area contributed by atoms with Crippen LogP contribution in [0.4, 0.5) is 0 Å². The molecular weight excluding hydrogens is 230 g/mol. The molecule has 0 radical (unpaired) electrons. The van der Waals surface area contributed by atoms with Crippen LogP contribution >= 0.6 is 11.6 Å². The zero-order chi connectivity index (χ0) is 12.5. The first-order valence-electron chi connectivity index (χ1n) is 6.46. The van der Waals surface area contributed by atoms with Gasteiger partial charge in [-0.15, -0.1) is 0 Å². The quantitative estimate of drug-likeness (QED) is 0.845. The summed E-state index contributed by atoms with van der Waals surface area (Å²) in [5, 5.41) is 4.47. The molecule has 1 nitrogen and oxygen atoms in total. The van der Waals surface area contributed by atoms with Crippen molar-refractivity contribution in [2.45, 2.75) is 45.1 Å². The topological polar surface area (TPSA) is 12.0 Å². The molecule has 94 valence electrons. The molecule has 0 saturated heterocycles. The maximum atomic E-state index is 6.08. The van der Waals surface area contributed by atoms with E-state index in [9.17, 15) is 0 Å². The lowest BCUT2D eigenvalue weighted by Crippen LogP contribution is -2.39. The second kappa shape index (κ2) is 4.99. The summed E-state index contributed by atoms with van der Waals surface area (Å²) in [5.74, 6) is 1.47. The van der Waals surface area contributed by atoms with Gasteiger partial charge in [0.15, 0.2) is 0 Å². The van der Waals surface area contributed by atoms with Crippen molar-refractivity contribution in [1.29, 1.82) is 0 Å². The molecule has 2 rings (SSSR count). The molecule has 0 spiro atoms. The fourth-order valence-corrected chi connectivity index (χ4v) is 2.41. The highest BCUT2D eigenvalue weighted by atomic mass is 35.5. The van der Waals surface area contributed by atoms with E-state index in [0.717, 1.165) is 17.5 Å². The average Bonchev–Trinajstić information content (AvgIpc) is 3.00. The van der Waals surface area contributed by atoms with E-state index in [4.69, 9.17) is 11.6 Å². The van der Waals surface area contributed by atoms with Gasteiger partial charge in [-0.1, -0.05) is 23.7 Å². The van der Waals surface area contributed by atoms with Crippen LogP contribution in [-0.2, 0) is 0 Å². The zero-order valence-corrected chi connectivity index (χ0v) is 11.7. The average molecular weight is 252 g/mol. The summed E-state index contributed by atoms with van der Waals surface area (Å²) in [6.45, 7) is 7.70. The predicted octanol–water partition coefficient (Wildman–Crippen LogP) is 4.22. The van der Waals surface area contributed by atoms with Crippen LogP contribution in [0.5, 0.6) is 0 Å². The summed E-state index contributed by atoms with van der Waals surface area (Å²) < 4.78 is 0. The normalized spacial score (nSPS) is 18.1. The molecule has 2 heteroatoms. The highest BCUT2D eigenvalue weighted by Crippen LogP contribution is 2.42. The van der Waals surface area contributed by atoms with Crippen LogP contribution < -0.4 is 5.32 Å². The summed E-state index contributed by atoms with van der Waals surface area (Å²) >= 11 is 6.08. The number of halogens is 1. The van der Waals surface area contributed by atoms with Gasteiger partial charge in [0, 0.05) is 17.1 Å². The van der Waals surface area contributed by atoms with Gasteiger partial charge in [-0.05, 0) is 63.1 Å². The monoisotopic (exact) mass is 251 g/mol. The second-order valence-corrected chi connectivity index (χ2v) is 6.57. The van der Waals surface area contributed by atoms with E-state index in [1.807, 2.05) is 6.07 Å². The van der Waals surface area contributed by atoms with Crippen LogP contribution in [0.1, 0.15) is 45.1 Å². The molecule has 1 aliphatic rings. The second-order valence-electron chi connectivity index (χ2n) is 6.13. The summed E-state index contributed by atoms with van der Waals surface area (Å²) in [7, 11) is 0. The molecule has 0 amide bonds. The van der Waals surface area contributed by atoms with Crippen LogP contribution in [0.15, 0.2) is 24.3 Å². The Bertz CT molecular complexity index is 377. The van der Waals surface area contributed by atoms with Crippen LogP contribution in [0.25, 0.3) is 0 Å². The molecule has 17 heavy (non-hydrogen) atoms. The van der Waals surface area contributed by atoms with Gasteiger partial charge in [0.1, 0.15) is 0 Å². The Hall–Kier alpha value is -0.530. The van der Waals surface area contributed by atoms with Crippen LogP contribution in [0, 0.1) is 5.92 Å². The van der Waals surface area contributed by atoms with Crippen LogP contribution in [0.3, 0.4) is 0 Å². The Labute approximate surface area is 110 Å². The number of nitrogens with one attached hydrogen (secondary N) is 1. The first-order valence-corrected chi connectivity index (χ1v) is 6.84. The minimum absolute atomic E-state index is 0.186. The lowest BCUT2D eigenvalue weighted by molar-refractivity contribution is 0.393. The van der Waals surface area contributed by atoms with Crippen molar-refractivity contribution >= 4 is 11.6 Å². The number of benzene rings is 1. The first kappa shape index (κ1) is 12.9. The molecule has 1 aromatic carbocycles. The molecule has 0 aliphatic heterocycles. The van der Waals surface area contributed by atoms with Crippen molar-refractivity contribution in [1.82, 2.24) is 5.32 Å². The Morgan fingerprint density at radius 1 is 1.35 bits per heavy atom. The third-order valence-electron chi connectivity index (χ3n) is 3.32. The Morgan fingerprint density at radius 2 is 2.06 bits per heavy atom. The zero-order valence-electron chi connectivity index (χ0n) is 11.0. The molecule has 1 N–H and O–H groups in total. The Morgan fingerprint density at radius 3 is 2.59 bits per heavy atom. The fourth-order valence-electron chi connectivity index (χ4n) is 2.21. The molecule has 1 fully saturated rings. The van der Waals surface area contributed by atoms with E-state index in [0.29, 0.717) is 5.92 Å². The van der Waals surface area contributed by atoms with E-state index >= 15 is 0 Å². The molecule has 1 saturated carbocycles. The molecule has 0 bridgehead atoms. The molecule has 1 aromatic rings. The minimum atomic E-state index is 0.186. The lowest BCUT2D eigenvalue weighted by Gasteiger charge is -2.25. The van der Waals surface area contributed by atoms with Crippen molar-refractivity contribution in [2.24, 2.45) is 5.92 Å². The first-order chi connectivity index (χ1) is 7.96. The molecule has 1 atom stereocenters. The lowest BCUT2D eigenvalue weighted by atomic mass is 9.93. The third-order valence-corrected chi connectivity index (χ3v) is 3.56. The van der Waals surface area contributed by atoms with Gasteiger partial charge in [0.25, 0.3) is 0 Å². The van der Waals surface area contributed by atoms with Gasteiger partial charge in [-0.2, -0.15) is 0 Å². The van der Waals surface area contributed by atoms with Gasteiger partial charge >= 0.3 is 0 Å². The number of hydrogen-bond acceptors (Lipinski definition) is 1. The summed E-state index contributed by atoms with van der Waals surface area (Å²) in [5.41, 5.74) is 1.57. The summed E-state index contributed by atoms with van der Waals surface area (Å²) in [4.78, 5) is 0. The van der Waals surface area contributed by atoms with E-state index in [2.05, 4.69) is 44.3 Å². The van der Waals surface area contributed by atoms with E-state index in [1.165, 1.54) is 18.4 Å². The van der Waals surface area contributed by atoms with Crippen molar-refractivity contribution in [3.05, 3.63) is 34.9 Å². The SMILES string of the molecule is CC(C)(C)NCC(c1cccc(Cl)c1)C1CC1. The summed E-state index contributed by atoms with van der Waals surface area (Å²) in [6, 6.07) is 8.34. The maximum Gasteiger partial charge on any atom is 0.0408 e. The van der Waals surface area contributed by atoms with Gasteiger partial charge in [-0.3, -0.25) is 0 Å². The number of hydrogen-bond donors (Lipinski definition) is 1. The largest absolute Gasteiger partial charge is 0.311 e. The van der Waals surface area contributed by atoms with Crippen molar-refractivity contribution in [2.75, 3.05) is 6.54 Å². The predicted molar refractivity (Wildman–Crippen MR) is 74.7 cm³/mol.